The second-order valence-corrected chi connectivity index (χ2v) is 8.10. The van der Waals surface area contributed by atoms with Gasteiger partial charge in [0.2, 0.25) is 5.72 Å². The Labute approximate surface area is 163 Å². The normalized spacial score (nSPS) is 23.6. The maximum Gasteiger partial charge on any atom is 0.200 e. The van der Waals surface area contributed by atoms with E-state index in [1.807, 2.05) is 12.1 Å². The van der Waals surface area contributed by atoms with Gasteiger partial charge in [-0.1, -0.05) is 29.8 Å². The number of fused-ring (bicyclic) bond motifs is 4. The van der Waals surface area contributed by atoms with Crippen LogP contribution < -0.4 is 4.74 Å². The second kappa shape index (κ2) is 6.14. The van der Waals surface area contributed by atoms with Crippen molar-refractivity contribution < 1.29 is 9.84 Å². The number of benzene rings is 2. The number of ether oxygens (including phenoxy) is 1. The first-order valence-electron chi connectivity index (χ1n) is 9.38. The number of halogens is 1. The zero-order valence-electron chi connectivity index (χ0n) is 15.2. The van der Waals surface area contributed by atoms with Gasteiger partial charge in [-0.15, -0.1) is 0 Å². The molecule has 5 nitrogen and oxygen atoms in total. The summed E-state index contributed by atoms with van der Waals surface area (Å²) in [6.45, 7) is 1.94. The van der Waals surface area contributed by atoms with Gasteiger partial charge in [-0.2, -0.15) is 5.10 Å². The molecule has 1 unspecified atom stereocenters. The minimum atomic E-state index is -0.429. The Morgan fingerprint density at radius 2 is 1.96 bits per heavy atom. The van der Waals surface area contributed by atoms with E-state index in [0.717, 1.165) is 49.4 Å². The summed E-state index contributed by atoms with van der Waals surface area (Å²) >= 11 is 6.18. The summed E-state index contributed by atoms with van der Waals surface area (Å²) in [4.78, 5) is 2.33. The molecule has 3 aliphatic heterocycles. The monoisotopic (exact) mass is 383 g/mol. The molecule has 1 fully saturated rings. The maximum absolute atomic E-state index is 10.4. The summed E-state index contributed by atoms with van der Waals surface area (Å²) in [5, 5.41) is 18.1. The lowest BCUT2D eigenvalue weighted by Crippen LogP contribution is -2.58. The highest BCUT2D eigenvalue weighted by atomic mass is 35.5. The summed E-state index contributed by atoms with van der Waals surface area (Å²) in [5.74, 6) is 1.17. The van der Waals surface area contributed by atoms with E-state index in [9.17, 15) is 5.11 Å². The molecule has 2 aromatic carbocycles. The first-order valence-corrected chi connectivity index (χ1v) is 9.76. The van der Waals surface area contributed by atoms with Crippen LogP contribution >= 0.6 is 11.6 Å². The molecule has 1 saturated heterocycles. The fourth-order valence-corrected chi connectivity index (χ4v) is 4.60. The Kier molecular flexibility index (Phi) is 3.85. The second-order valence-electron chi connectivity index (χ2n) is 7.66. The smallest absolute Gasteiger partial charge is 0.200 e. The molecule has 0 radical (unpaired) electrons. The number of hydrazone groups is 1. The van der Waals surface area contributed by atoms with Gasteiger partial charge in [0.05, 0.1) is 11.8 Å². The molecule has 5 rings (SSSR count). The van der Waals surface area contributed by atoms with E-state index >= 15 is 0 Å². The highest BCUT2D eigenvalue weighted by Gasteiger charge is 2.51. The molecule has 0 bridgehead atoms. The van der Waals surface area contributed by atoms with E-state index in [2.05, 4.69) is 29.1 Å². The van der Waals surface area contributed by atoms with E-state index in [1.54, 1.807) is 18.2 Å². The van der Waals surface area contributed by atoms with Crippen molar-refractivity contribution in [2.45, 2.75) is 31.0 Å². The summed E-state index contributed by atoms with van der Waals surface area (Å²) in [6, 6.07) is 13.5. The SMILES string of the molecule is CN1CCC2(CC1)Oc1ccccc1C1CC(c3cc(Cl)ccc3O)=NN12. The third kappa shape index (κ3) is 2.68. The Morgan fingerprint density at radius 1 is 1.19 bits per heavy atom. The van der Waals surface area contributed by atoms with Crippen LogP contribution in [-0.4, -0.2) is 46.6 Å². The predicted octanol–water partition coefficient (Wildman–Crippen LogP) is 4.01. The van der Waals surface area contributed by atoms with Crippen molar-refractivity contribution in [2.75, 3.05) is 20.1 Å². The first kappa shape index (κ1) is 16.9. The molecule has 0 aromatic heterocycles. The van der Waals surface area contributed by atoms with E-state index in [4.69, 9.17) is 21.4 Å². The van der Waals surface area contributed by atoms with Gasteiger partial charge in [0.15, 0.2) is 0 Å². The van der Waals surface area contributed by atoms with Crippen LogP contribution in [0.25, 0.3) is 0 Å². The fourth-order valence-electron chi connectivity index (χ4n) is 4.43. The number of nitrogens with zero attached hydrogens (tertiary/aromatic N) is 3. The molecular formula is C21H22ClN3O2. The largest absolute Gasteiger partial charge is 0.507 e. The van der Waals surface area contributed by atoms with Crippen LogP contribution in [0.2, 0.25) is 5.02 Å². The topological polar surface area (TPSA) is 48.3 Å². The fraction of sp³-hybridized carbons (Fsp3) is 0.381. The van der Waals surface area contributed by atoms with Crippen LogP contribution in [0.1, 0.15) is 36.4 Å². The number of rotatable bonds is 1. The van der Waals surface area contributed by atoms with E-state index in [1.165, 1.54) is 0 Å². The average Bonchev–Trinajstić information content (AvgIpc) is 3.13. The number of piperidine rings is 1. The van der Waals surface area contributed by atoms with Crippen molar-refractivity contribution >= 4 is 17.3 Å². The van der Waals surface area contributed by atoms with Gasteiger partial charge in [-0.05, 0) is 31.3 Å². The molecule has 3 aliphatic rings. The highest BCUT2D eigenvalue weighted by molar-refractivity contribution is 6.31. The van der Waals surface area contributed by atoms with Crippen LogP contribution in [0, 0.1) is 0 Å². The number of phenols is 1. The van der Waals surface area contributed by atoms with Gasteiger partial charge in [0.1, 0.15) is 11.5 Å². The van der Waals surface area contributed by atoms with Crippen molar-refractivity contribution in [1.82, 2.24) is 9.91 Å². The molecule has 0 saturated carbocycles. The highest BCUT2D eigenvalue weighted by Crippen LogP contribution is 2.50. The van der Waals surface area contributed by atoms with Crippen molar-refractivity contribution in [1.29, 1.82) is 0 Å². The minimum absolute atomic E-state index is 0.117. The van der Waals surface area contributed by atoms with Crippen LogP contribution in [0.4, 0.5) is 0 Å². The zero-order valence-corrected chi connectivity index (χ0v) is 16.0. The minimum Gasteiger partial charge on any atom is -0.507 e. The standard InChI is InChI=1S/C21H22ClN3O2/c1-24-10-8-21(9-11-24)25-18(15-4-2-3-5-20(15)27-21)13-17(23-25)16-12-14(22)6-7-19(16)26/h2-7,12,18,26H,8-11,13H2,1H3. The van der Waals surface area contributed by atoms with Gasteiger partial charge < -0.3 is 14.7 Å². The van der Waals surface area contributed by atoms with E-state index in [-0.39, 0.29) is 11.8 Å². The quantitative estimate of drug-likeness (QED) is 0.808. The van der Waals surface area contributed by atoms with E-state index in [0.29, 0.717) is 10.6 Å². The maximum atomic E-state index is 10.4. The van der Waals surface area contributed by atoms with Crippen LogP contribution in [-0.2, 0) is 0 Å². The third-order valence-corrected chi connectivity index (χ3v) is 6.18. The van der Waals surface area contributed by atoms with Gasteiger partial charge in [0, 0.05) is 48.5 Å². The predicted molar refractivity (Wildman–Crippen MR) is 105 cm³/mol. The number of phenolic OH excluding ortho intramolecular Hbond substituents is 1. The van der Waals surface area contributed by atoms with Crippen molar-refractivity contribution in [3.8, 4) is 11.5 Å². The molecular weight excluding hydrogens is 362 g/mol. The summed E-state index contributed by atoms with van der Waals surface area (Å²) in [7, 11) is 2.14. The lowest BCUT2D eigenvalue weighted by atomic mass is 9.91. The molecule has 1 N–H and O–H groups in total. The Bertz CT molecular complexity index is 921. The first-order chi connectivity index (χ1) is 13.1. The van der Waals surface area contributed by atoms with Crippen LogP contribution in [0.5, 0.6) is 11.5 Å². The number of hydrogen-bond donors (Lipinski definition) is 1. The van der Waals surface area contributed by atoms with Crippen LogP contribution in [0.15, 0.2) is 47.6 Å². The lowest BCUT2D eigenvalue weighted by molar-refractivity contribution is -0.147. The molecule has 0 amide bonds. The molecule has 1 spiro atoms. The lowest BCUT2D eigenvalue weighted by Gasteiger charge is -2.50. The third-order valence-electron chi connectivity index (χ3n) is 5.94. The molecule has 1 atom stereocenters. The summed E-state index contributed by atoms with van der Waals surface area (Å²) in [6.07, 6.45) is 2.52. The van der Waals surface area contributed by atoms with Crippen LogP contribution in [0.3, 0.4) is 0 Å². The molecule has 0 aliphatic carbocycles. The van der Waals surface area contributed by atoms with Gasteiger partial charge >= 0.3 is 0 Å². The summed E-state index contributed by atoms with van der Waals surface area (Å²) in [5.41, 5.74) is 2.29. The Hall–Kier alpha value is -2.24. The molecule has 2 aromatic rings. The Morgan fingerprint density at radius 3 is 2.78 bits per heavy atom. The summed E-state index contributed by atoms with van der Waals surface area (Å²) < 4.78 is 6.56. The van der Waals surface area contributed by atoms with Crippen molar-refractivity contribution in [2.24, 2.45) is 5.10 Å². The van der Waals surface area contributed by atoms with Gasteiger partial charge in [0.25, 0.3) is 0 Å². The zero-order chi connectivity index (χ0) is 18.6. The van der Waals surface area contributed by atoms with Gasteiger partial charge in [-0.3, -0.25) is 0 Å². The molecule has 27 heavy (non-hydrogen) atoms. The number of likely N-dealkylation sites (tertiary alicyclic amines) is 1. The van der Waals surface area contributed by atoms with Crippen molar-refractivity contribution in [3.05, 3.63) is 58.6 Å². The average molecular weight is 384 g/mol. The van der Waals surface area contributed by atoms with Crippen molar-refractivity contribution in [3.63, 3.8) is 0 Å². The number of hydrogen-bond acceptors (Lipinski definition) is 5. The number of aromatic hydroxyl groups is 1. The molecule has 140 valence electrons. The van der Waals surface area contributed by atoms with Gasteiger partial charge in [-0.25, -0.2) is 5.01 Å². The Balaban J connectivity index is 1.60. The molecule has 6 heteroatoms. The number of para-hydroxylation sites is 1. The molecule has 3 heterocycles. The van der Waals surface area contributed by atoms with E-state index < -0.39 is 5.72 Å².